The maximum absolute atomic E-state index is 12.4. The van der Waals surface area contributed by atoms with E-state index in [1.807, 2.05) is 55.5 Å². The summed E-state index contributed by atoms with van der Waals surface area (Å²) in [5.74, 6) is 0.331. The maximum atomic E-state index is 12.4. The highest BCUT2D eigenvalue weighted by Gasteiger charge is 2.27. The number of nitrogens with one attached hydrogen (secondary N) is 1. The summed E-state index contributed by atoms with van der Waals surface area (Å²) in [6.07, 6.45) is 2.36. The van der Waals surface area contributed by atoms with E-state index in [2.05, 4.69) is 16.0 Å². The Morgan fingerprint density at radius 3 is 2.67 bits per heavy atom. The molecule has 0 radical (unpaired) electrons. The van der Waals surface area contributed by atoms with E-state index >= 15 is 0 Å². The number of aromatic nitrogens is 1. The first-order valence-corrected chi connectivity index (χ1v) is 10.4. The Morgan fingerprint density at radius 2 is 1.87 bits per heavy atom. The topological polar surface area (TPSA) is 69.6 Å². The molecule has 1 heterocycles. The maximum Gasteiger partial charge on any atom is 0.325 e. The van der Waals surface area contributed by atoms with Crippen molar-refractivity contribution in [2.75, 3.05) is 13.2 Å². The lowest BCUT2D eigenvalue weighted by atomic mass is 9.91. The van der Waals surface area contributed by atoms with Gasteiger partial charge < -0.3 is 19.4 Å². The fourth-order valence-corrected chi connectivity index (χ4v) is 4.18. The molecule has 1 aliphatic carbocycles. The van der Waals surface area contributed by atoms with Crippen LogP contribution in [0.5, 0.6) is 5.75 Å². The van der Waals surface area contributed by atoms with Gasteiger partial charge in [-0.15, -0.1) is 0 Å². The van der Waals surface area contributed by atoms with Crippen molar-refractivity contribution >= 4 is 22.8 Å². The van der Waals surface area contributed by atoms with Gasteiger partial charge in [0.05, 0.1) is 6.61 Å². The second-order valence-electron chi connectivity index (χ2n) is 7.44. The van der Waals surface area contributed by atoms with Gasteiger partial charge in [0.25, 0.3) is 5.91 Å². The molecule has 0 unspecified atom stereocenters. The predicted molar refractivity (Wildman–Crippen MR) is 114 cm³/mol. The number of nitrogens with zero attached hydrogens (tertiary/aromatic N) is 1. The van der Waals surface area contributed by atoms with Crippen molar-refractivity contribution in [3.05, 3.63) is 65.9 Å². The Labute approximate surface area is 175 Å². The molecule has 6 nitrogen and oxygen atoms in total. The number of carbonyl (C=O) groups is 2. The van der Waals surface area contributed by atoms with E-state index in [0.717, 1.165) is 35.9 Å². The molecule has 3 aromatic rings. The number of amides is 1. The van der Waals surface area contributed by atoms with Crippen molar-refractivity contribution in [3.8, 4) is 5.75 Å². The predicted octanol–water partition coefficient (Wildman–Crippen LogP) is 3.26. The highest BCUT2D eigenvalue weighted by atomic mass is 16.5. The van der Waals surface area contributed by atoms with Crippen LogP contribution in [-0.4, -0.2) is 35.7 Å². The Balaban J connectivity index is 1.47. The fraction of sp³-hybridized carbons (Fsp3) is 0.333. The Morgan fingerprint density at radius 1 is 1.10 bits per heavy atom. The molecule has 0 spiro atoms. The van der Waals surface area contributed by atoms with Gasteiger partial charge in [0.2, 0.25) is 0 Å². The summed E-state index contributed by atoms with van der Waals surface area (Å²) < 4.78 is 12.8. The van der Waals surface area contributed by atoms with Gasteiger partial charge in [-0.2, -0.15) is 0 Å². The Hall–Kier alpha value is -3.28. The van der Waals surface area contributed by atoms with E-state index in [4.69, 9.17) is 9.47 Å². The smallest absolute Gasteiger partial charge is 0.325 e. The third-order valence-electron chi connectivity index (χ3n) is 5.45. The van der Waals surface area contributed by atoms with Crippen LogP contribution in [0.2, 0.25) is 0 Å². The van der Waals surface area contributed by atoms with Crippen molar-refractivity contribution in [1.82, 2.24) is 9.88 Å². The van der Waals surface area contributed by atoms with E-state index in [9.17, 15) is 9.59 Å². The first kappa shape index (κ1) is 20.0. The number of hydrogen-bond donors (Lipinski definition) is 1. The summed E-state index contributed by atoms with van der Waals surface area (Å²) in [5, 5.41) is 4.24. The van der Waals surface area contributed by atoms with Gasteiger partial charge in [0.1, 0.15) is 12.3 Å². The molecule has 30 heavy (non-hydrogen) atoms. The van der Waals surface area contributed by atoms with Crippen molar-refractivity contribution in [1.29, 1.82) is 0 Å². The van der Waals surface area contributed by atoms with Crippen LogP contribution in [0.15, 0.2) is 54.6 Å². The zero-order valence-corrected chi connectivity index (χ0v) is 17.1. The average molecular weight is 406 g/mol. The molecule has 1 atom stereocenters. The number of hydrogen-bond acceptors (Lipinski definition) is 4. The Bertz CT molecular complexity index is 1040. The van der Waals surface area contributed by atoms with Crippen molar-refractivity contribution < 1.29 is 19.1 Å². The Kier molecular flexibility index (Phi) is 6.02. The third-order valence-corrected chi connectivity index (χ3v) is 5.45. The molecule has 6 heteroatoms. The number of fused-ring (bicyclic) bond motifs is 3. The minimum Gasteiger partial charge on any atom is -0.484 e. The standard InChI is InChI=1S/C24H26N2O4/c1-2-29-24(28)15-26-21-11-7-6-10-19(21)20-14-17(12-13-22(20)26)25-23(27)16-30-18-8-4-3-5-9-18/h3-11,17H,2,12-16H2,1H3,(H,25,27)/t17-/m1/s1. The summed E-state index contributed by atoms with van der Waals surface area (Å²) in [4.78, 5) is 24.5. The van der Waals surface area contributed by atoms with Crippen LogP contribution in [0.4, 0.5) is 0 Å². The molecule has 0 bridgehead atoms. The number of para-hydroxylation sites is 2. The number of ether oxygens (including phenoxy) is 2. The molecule has 1 aliphatic rings. The van der Waals surface area contributed by atoms with Crippen molar-refractivity contribution in [2.45, 2.75) is 38.8 Å². The van der Waals surface area contributed by atoms with E-state index < -0.39 is 0 Å². The van der Waals surface area contributed by atoms with Crippen LogP contribution in [0.25, 0.3) is 10.9 Å². The third kappa shape index (κ3) is 4.32. The number of carbonyl (C=O) groups excluding carboxylic acids is 2. The van der Waals surface area contributed by atoms with E-state index in [0.29, 0.717) is 12.4 Å². The summed E-state index contributed by atoms with van der Waals surface area (Å²) in [5.41, 5.74) is 3.40. The zero-order chi connectivity index (χ0) is 20.9. The van der Waals surface area contributed by atoms with Crippen molar-refractivity contribution in [2.24, 2.45) is 0 Å². The molecule has 0 aliphatic heterocycles. The van der Waals surface area contributed by atoms with Gasteiger partial charge >= 0.3 is 5.97 Å². The molecule has 0 saturated carbocycles. The second-order valence-corrected chi connectivity index (χ2v) is 7.44. The van der Waals surface area contributed by atoms with Crippen molar-refractivity contribution in [3.63, 3.8) is 0 Å². The minimum atomic E-state index is -0.227. The van der Waals surface area contributed by atoms with E-state index in [-0.39, 0.29) is 31.1 Å². The molecule has 0 fully saturated rings. The monoisotopic (exact) mass is 406 g/mol. The molecule has 0 saturated heterocycles. The van der Waals surface area contributed by atoms with E-state index in [1.165, 1.54) is 5.56 Å². The van der Waals surface area contributed by atoms with Crippen LogP contribution in [0.1, 0.15) is 24.6 Å². The lowest BCUT2D eigenvalue weighted by Gasteiger charge is -2.25. The van der Waals surface area contributed by atoms with Gasteiger partial charge in [0.15, 0.2) is 6.61 Å². The van der Waals surface area contributed by atoms with Crippen LogP contribution >= 0.6 is 0 Å². The number of benzene rings is 2. The quantitative estimate of drug-likeness (QED) is 0.612. The molecule has 2 aromatic carbocycles. The summed E-state index contributed by atoms with van der Waals surface area (Å²) in [6, 6.07) is 17.5. The second kappa shape index (κ2) is 9.03. The summed E-state index contributed by atoms with van der Waals surface area (Å²) in [6.45, 7) is 2.40. The van der Waals surface area contributed by atoms with E-state index in [1.54, 1.807) is 0 Å². The van der Waals surface area contributed by atoms with Crippen LogP contribution in [-0.2, 0) is 33.7 Å². The number of rotatable bonds is 7. The highest BCUT2D eigenvalue weighted by molar-refractivity contribution is 5.87. The van der Waals surface area contributed by atoms with Crippen LogP contribution in [0.3, 0.4) is 0 Å². The van der Waals surface area contributed by atoms with Crippen LogP contribution < -0.4 is 10.1 Å². The summed E-state index contributed by atoms with van der Waals surface area (Å²) >= 11 is 0. The summed E-state index contributed by atoms with van der Waals surface area (Å²) in [7, 11) is 0. The van der Waals surface area contributed by atoms with Gasteiger partial charge in [0, 0.05) is 22.6 Å². The number of esters is 1. The van der Waals surface area contributed by atoms with Crippen LogP contribution in [0, 0.1) is 0 Å². The molecular weight excluding hydrogens is 380 g/mol. The molecule has 156 valence electrons. The molecule has 1 amide bonds. The van der Waals surface area contributed by atoms with Gasteiger partial charge in [-0.1, -0.05) is 36.4 Å². The zero-order valence-electron chi connectivity index (χ0n) is 17.1. The molecule has 1 N–H and O–H groups in total. The van der Waals surface area contributed by atoms with Gasteiger partial charge in [-0.3, -0.25) is 9.59 Å². The molecule has 4 rings (SSSR count). The SMILES string of the molecule is CCOC(=O)Cn1c2c(c3ccccc31)C[C@H](NC(=O)COc1ccccc1)CC2. The highest BCUT2D eigenvalue weighted by Crippen LogP contribution is 2.32. The van der Waals surface area contributed by atoms with Gasteiger partial charge in [-0.25, -0.2) is 0 Å². The molecule has 1 aromatic heterocycles. The minimum absolute atomic E-state index is 0.00200. The average Bonchev–Trinajstić information content (AvgIpc) is 3.06. The lowest BCUT2D eigenvalue weighted by Crippen LogP contribution is -2.41. The molecular formula is C24H26N2O4. The lowest BCUT2D eigenvalue weighted by molar-refractivity contribution is -0.143. The first-order valence-electron chi connectivity index (χ1n) is 10.4. The first-order chi connectivity index (χ1) is 14.7. The largest absolute Gasteiger partial charge is 0.484 e. The normalized spacial score (nSPS) is 15.4. The fourth-order valence-electron chi connectivity index (χ4n) is 4.18. The van der Waals surface area contributed by atoms with Gasteiger partial charge in [-0.05, 0) is 49.9 Å².